The summed E-state index contributed by atoms with van der Waals surface area (Å²) < 4.78 is 39.8. The summed E-state index contributed by atoms with van der Waals surface area (Å²) >= 11 is 2.90. The van der Waals surface area contributed by atoms with E-state index in [1.807, 2.05) is 0 Å². The van der Waals surface area contributed by atoms with Gasteiger partial charge in [0.25, 0.3) is 0 Å². The number of hydrogen-bond acceptors (Lipinski definition) is 3. The Kier molecular flexibility index (Phi) is 4.12. The van der Waals surface area contributed by atoms with E-state index in [1.165, 1.54) is 6.07 Å². The van der Waals surface area contributed by atoms with Gasteiger partial charge in [-0.2, -0.15) is 5.26 Å². The fraction of sp³-hybridized carbons (Fsp3) is 0.200. The van der Waals surface area contributed by atoms with Crippen LogP contribution in [0.4, 0.5) is 13.2 Å². The van der Waals surface area contributed by atoms with E-state index in [0.717, 1.165) is 12.1 Å². The molecule has 1 aromatic rings. The lowest BCUT2D eigenvalue weighted by Gasteiger charge is -2.10. The van der Waals surface area contributed by atoms with Gasteiger partial charge < -0.3 is 4.74 Å². The van der Waals surface area contributed by atoms with Crippen molar-refractivity contribution in [1.29, 1.82) is 5.26 Å². The molecular weight excluding hydrogens is 303 g/mol. The summed E-state index contributed by atoms with van der Waals surface area (Å²) in [5.74, 6) is -1.08. The third-order valence-electron chi connectivity index (χ3n) is 1.77. The third-order valence-corrected chi connectivity index (χ3v) is 2.28. The molecule has 0 heterocycles. The van der Waals surface area contributed by atoms with Crippen LogP contribution in [0.3, 0.4) is 0 Å². The van der Waals surface area contributed by atoms with Crippen molar-refractivity contribution in [2.24, 2.45) is 0 Å². The number of rotatable bonds is 3. The molecule has 0 aliphatic rings. The Balaban J connectivity index is 3.17. The number of nitrogens with zero attached hydrogens (tertiary/aromatic N) is 1. The standard InChI is InChI=1S/C10H5BrF3NO2/c11-4-8(16)6-1-2-7(5-15)9(3-6)17-10(12,13)14/h1-3H,4H2. The second-order valence-electron chi connectivity index (χ2n) is 2.93. The van der Waals surface area contributed by atoms with Crippen LogP contribution in [0.1, 0.15) is 15.9 Å². The summed E-state index contributed by atoms with van der Waals surface area (Å²) in [7, 11) is 0. The van der Waals surface area contributed by atoms with E-state index in [0.29, 0.717) is 0 Å². The average molecular weight is 308 g/mol. The number of nitriles is 1. The number of benzene rings is 1. The Morgan fingerprint density at radius 1 is 1.47 bits per heavy atom. The molecule has 0 bridgehead atoms. The lowest BCUT2D eigenvalue weighted by molar-refractivity contribution is -0.274. The fourth-order valence-corrected chi connectivity index (χ4v) is 1.40. The SMILES string of the molecule is N#Cc1ccc(C(=O)CBr)cc1OC(F)(F)F. The van der Waals surface area contributed by atoms with Gasteiger partial charge in [0.15, 0.2) is 5.78 Å². The molecule has 3 nitrogen and oxygen atoms in total. The van der Waals surface area contributed by atoms with E-state index in [9.17, 15) is 18.0 Å². The molecule has 0 saturated carbocycles. The van der Waals surface area contributed by atoms with Crippen molar-refractivity contribution in [2.45, 2.75) is 6.36 Å². The van der Waals surface area contributed by atoms with Gasteiger partial charge >= 0.3 is 6.36 Å². The summed E-state index contributed by atoms with van der Waals surface area (Å²) in [6.07, 6.45) is -4.90. The molecule has 1 aromatic carbocycles. The molecule has 17 heavy (non-hydrogen) atoms. The lowest BCUT2D eigenvalue weighted by atomic mass is 10.1. The maximum absolute atomic E-state index is 12.0. The van der Waals surface area contributed by atoms with Crippen molar-refractivity contribution >= 4 is 21.7 Å². The predicted octanol–water partition coefficient (Wildman–Crippen LogP) is 3.03. The molecule has 0 saturated heterocycles. The van der Waals surface area contributed by atoms with Crippen LogP contribution in [-0.2, 0) is 0 Å². The van der Waals surface area contributed by atoms with E-state index in [1.54, 1.807) is 6.07 Å². The minimum absolute atomic E-state index is 0.0235. The number of ether oxygens (including phenoxy) is 1. The summed E-state index contributed by atoms with van der Waals surface area (Å²) in [6.45, 7) is 0. The first-order valence-electron chi connectivity index (χ1n) is 4.26. The monoisotopic (exact) mass is 307 g/mol. The number of carbonyl (C=O) groups is 1. The first-order chi connectivity index (χ1) is 7.87. The second-order valence-corrected chi connectivity index (χ2v) is 3.49. The molecule has 0 radical (unpaired) electrons. The summed E-state index contributed by atoms with van der Waals surface area (Å²) in [4.78, 5) is 11.3. The van der Waals surface area contributed by atoms with Crippen molar-refractivity contribution in [3.05, 3.63) is 29.3 Å². The minimum Gasteiger partial charge on any atom is -0.404 e. The van der Waals surface area contributed by atoms with Gasteiger partial charge in [0, 0.05) is 5.56 Å². The van der Waals surface area contributed by atoms with Gasteiger partial charge in [-0.05, 0) is 18.2 Å². The zero-order valence-corrected chi connectivity index (χ0v) is 9.80. The van der Waals surface area contributed by atoms with Crippen molar-refractivity contribution in [3.8, 4) is 11.8 Å². The van der Waals surface area contributed by atoms with Gasteiger partial charge in [0.2, 0.25) is 0 Å². The fourth-order valence-electron chi connectivity index (χ4n) is 1.07. The Hall–Kier alpha value is -1.55. The minimum atomic E-state index is -4.90. The summed E-state index contributed by atoms with van der Waals surface area (Å²) in [5.41, 5.74) is -0.242. The molecule has 0 N–H and O–H groups in total. The highest BCUT2D eigenvalue weighted by Crippen LogP contribution is 2.27. The normalized spacial score (nSPS) is 10.8. The molecule has 0 aromatic heterocycles. The van der Waals surface area contributed by atoms with Gasteiger partial charge in [-0.1, -0.05) is 15.9 Å². The van der Waals surface area contributed by atoms with Crippen LogP contribution >= 0.6 is 15.9 Å². The molecule has 0 aliphatic heterocycles. The van der Waals surface area contributed by atoms with Gasteiger partial charge in [-0.3, -0.25) is 4.79 Å². The Labute approximate surface area is 103 Å². The van der Waals surface area contributed by atoms with Gasteiger partial charge in [0.1, 0.15) is 11.8 Å². The van der Waals surface area contributed by atoms with Crippen LogP contribution in [0, 0.1) is 11.3 Å². The molecule has 0 atom stereocenters. The highest BCUT2D eigenvalue weighted by molar-refractivity contribution is 9.09. The Morgan fingerprint density at radius 3 is 2.59 bits per heavy atom. The first-order valence-corrected chi connectivity index (χ1v) is 5.38. The number of ketones is 1. The van der Waals surface area contributed by atoms with Crippen molar-refractivity contribution in [3.63, 3.8) is 0 Å². The molecule has 7 heteroatoms. The molecule has 0 aliphatic carbocycles. The number of alkyl halides is 4. The number of halogens is 4. The smallest absolute Gasteiger partial charge is 0.404 e. The highest BCUT2D eigenvalue weighted by Gasteiger charge is 2.32. The van der Waals surface area contributed by atoms with Gasteiger partial charge in [0.05, 0.1) is 10.9 Å². The van der Waals surface area contributed by atoms with Gasteiger partial charge in [-0.25, -0.2) is 0 Å². The average Bonchev–Trinajstić information content (AvgIpc) is 2.25. The van der Waals surface area contributed by atoms with Crippen LogP contribution < -0.4 is 4.74 Å². The van der Waals surface area contributed by atoms with E-state index < -0.39 is 17.9 Å². The number of carbonyl (C=O) groups excluding carboxylic acids is 1. The molecule has 0 amide bonds. The molecule has 90 valence electrons. The third kappa shape index (κ3) is 3.75. The van der Waals surface area contributed by atoms with Crippen molar-refractivity contribution < 1.29 is 22.7 Å². The molecule has 1 rings (SSSR count). The van der Waals surface area contributed by atoms with E-state index in [4.69, 9.17) is 5.26 Å². The van der Waals surface area contributed by atoms with E-state index in [-0.39, 0.29) is 16.5 Å². The maximum Gasteiger partial charge on any atom is 0.573 e. The first kappa shape index (κ1) is 13.5. The maximum atomic E-state index is 12.0. The highest BCUT2D eigenvalue weighted by atomic mass is 79.9. The largest absolute Gasteiger partial charge is 0.573 e. The zero-order valence-electron chi connectivity index (χ0n) is 8.21. The molecule has 0 fully saturated rings. The Morgan fingerprint density at radius 2 is 2.12 bits per heavy atom. The van der Waals surface area contributed by atoms with E-state index in [2.05, 4.69) is 20.7 Å². The van der Waals surface area contributed by atoms with Gasteiger partial charge in [-0.15, -0.1) is 13.2 Å². The van der Waals surface area contributed by atoms with Crippen LogP contribution in [0.15, 0.2) is 18.2 Å². The van der Waals surface area contributed by atoms with Crippen molar-refractivity contribution in [2.75, 3.05) is 5.33 Å². The van der Waals surface area contributed by atoms with Crippen LogP contribution in [0.2, 0.25) is 0 Å². The topological polar surface area (TPSA) is 50.1 Å². The van der Waals surface area contributed by atoms with Crippen LogP contribution in [0.5, 0.6) is 5.75 Å². The van der Waals surface area contributed by atoms with Crippen LogP contribution in [-0.4, -0.2) is 17.5 Å². The molecule has 0 unspecified atom stereocenters. The second kappa shape index (κ2) is 5.19. The van der Waals surface area contributed by atoms with Crippen LogP contribution in [0.25, 0.3) is 0 Å². The zero-order chi connectivity index (χ0) is 13.1. The predicted molar refractivity (Wildman–Crippen MR) is 56.0 cm³/mol. The Bertz CT molecular complexity index is 479. The number of Topliss-reactive ketones (excluding diaryl/α,β-unsaturated/α-hetero) is 1. The number of hydrogen-bond donors (Lipinski definition) is 0. The van der Waals surface area contributed by atoms with E-state index >= 15 is 0 Å². The summed E-state index contributed by atoms with van der Waals surface area (Å²) in [5, 5.41) is 8.59. The van der Waals surface area contributed by atoms with Crippen molar-refractivity contribution in [1.82, 2.24) is 0 Å². The lowest BCUT2D eigenvalue weighted by Crippen LogP contribution is -2.18. The summed E-state index contributed by atoms with van der Waals surface area (Å²) in [6, 6.07) is 4.83. The quantitative estimate of drug-likeness (QED) is 0.637. The molecule has 0 spiro atoms. The molecular formula is C10H5BrF3NO2.